The van der Waals surface area contributed by atoms with Crippen molar-refractivity contribution in [1.29, 1.82) is 0 Å². The summed E-state index contributed by atoms with van der Waals surface area (Å²) in [7, 11) is 1.49. The number of halogens is 2. The molecule has 1 atom stereocenters. The molecule has 0 saturated heterocycles. The van der Waals surface area contributed by atoms with Gasteiger partial charge in [0, 0.05) is 25.8 Å². The average Bonchev–Trinajstić information content (AvgIpc) is 3.29. The van der Waals surface area contributed by atoms with E-state index >= 15 is 0 Å². The topological polar surface area (TPSA) is 89.4 Å². The summed E-state index contributed by atoms with van der Waals surface area (Å²) in [6.45, 7) is 0.111. The summed E-state index contributed by atoms with van der Waals surface area (Å²) in [6.07, 6.45) is 0. The van der Waals surface area contributed by atoms with Crippen LogP contribution < -0.4 is 5.32 Å². The molecule has 186 valence electrons. The number of nitrogens with zero attached hydrogens (tertiary/aromatic N) is 4. The number of aromatic nitrogens is 3. The third-order valence-corrected chi connectivity index (χ3v) is 5.66. The summed E-state index contributed by atoms with van der Waals surface area (Å²) < 4.78 is 34.9. The fraction of sp³-hybridized carbons (Fsp3) is 0.231. The van der Waals surface area contributed by atoms with E-state index in [1.54, 1.807) is 24.3 Å². The van der Waals surface area contributed by atoms with Crippen LogP contribution in [0.15, 0.2) is 72.8 Å². The fourth-order valence-corrected chi connectivity index (χ4v) is 3.88. The molecule has 3 aromatic carbocycles. The molecule has 0 fully saturated rings. The number of hydrogen-bond donors (Lipinski definition) is 1. The van der Waals surface area contributed by atoms with Crippen molar-refractivity contribution in [3.05, 3.63) is 95.6 Å². The van der Waals surface area contributed by atoms with Crippen molar-refractivity contribution in [3.8, 4) is 0 Å². The molecule has 36 heavy (non-hydrogen) atoms. The zero-order chi connectivity index (χ0) is 25.5. The Bertz CT molecular complexity index is 1340. The van der Waals surface area contributed by atoms with Gasteiger partial charge in [0.2, 0.25) is 11.8 Å². The van der Waals surface area contributed by atoms with Gasteiger partial charge in [-0.05, 0) is 35.9 Å². The first-order valence-electron chi connectivity index (χ1n) is 11.3. The van der Waals surface area contributed by atoms with Crippen molar-refractivity contribution in [2.45, 2.75) is 19.1 Å². The maximum Gasteiger partial charge on any atom is 0.247 e. The molecule has 0 radical (unpaired) electrons. The number of benzene rings is 3. The lowest BCUT2D eigenvalue weighted by atomic mass is 10.0. The van der Waals surface area contributed by atoms with Crippen molar-refractivity contribution in [1.82, 2.24) is 25.2 Å². The van der Waals surface area contributed by atoms with Crippen LogP contribution in [0.2, 0.25) is 0 Å². The van der Waals surface area contributed by atoms with E-state index in [2.05, 4.69) is 15.6 Å². The molecule has 4 aromatic rings. The quantitative estimate of drug-likeness (QED) is 0.343. The predicted molar refractivity (Wildman–Crippen MR) is 129 cm³/mol. The Morgan fingerprint density at radius 1 is 1.03 bits per heavy atom. The van der Waals surface area contributed by atoms with E-state index in [1.807, 2.05) is 6.07 Å². The molecule has 10 heteroatoms. The summed E-state index contributed by atoms with van der Waals surface area (Å²) in [5.74, 6) is -2.14. The highest BCUT2D eigenvalue weighted by atomic mass is 19.1. The molecule has 4 rings (SSSR count). The Hall–Kier alpha value is -4.18. The molecule has 0 unspecified atom stereocenters. The molecule has 0 aliphatic heterocycles. The first-order chi connectivity index (χ1) is 17.5. The highest BCUT2D eigenvalue weighted by Crippen LogP contribution is 2.27. The number of carbonyl (C=O) groups excluding carboxylic acids is 2. The van der Waals surface area contributed by atoms with Crippen LogP contribution in [0.4, 0.5) is 8.78 Å². The molecule has 1 N–H and O–H groups in total. The Labute approximate surface area is 206 Å². The summed E-state index contributed by atoms with van der Waals surface area (Å²) in [6, 6.07) is 17.2. The number of methoxy groups -OCH3 is 1. The van der Waals surface area contributed by atoms with Gasteiger partial charge in [0.05, 0.1) is 12.1 Å². The maximum absolute atomic E-state index is 15.0. The van der Waals surface area contributed by atoms with Gasteiger partial charge in [-0.25, -0.2) is 13.5 Å². The number of amides is 2. The van der Waals surface area contributed by atoms with Gasteiger partial charge in [0.1, 0.15) is 29.7 Å². The van der Waals surface area contributed by atoms with Crippen LogP contribution in [0, 0.1) is 11.6 Å². The largest absolute Gasteiger partial charge is 0.383 e. The molecular formula is C26H25F2N5O3. The van der Waals surface area contributed by atoms with Crippen LogP contribution in [0.5, 0.6) is 0 Å². The van der Waals surface area contributed by atoms with Gasteiger partial charge in [-0.2, -0.15) is 0 Å². The maximum atomic E-state index is 15.0. The van der Waals surface area contributed by atoms with E-state index in [0.717, 1.165) is 0 Å². The molecule has 1 aromatic heterocycles. The zero-order valence-corrected chi connectivity index (χ0v) is 19.6. The van der Waals surface area contributed by atoms with Crippen LogP contribution in [0.3, 0.4) is 0 Å². The minimum atomic E-state index is -1.30. The molecule has 0 spiro atoms. The minimum absolute atomic E-state index is 0.0336. The van der Waals surface area contributed by atoms with E-state index in [-0.39, 0.29) is 31.8 Å². The van der Waals surface area contributed by atoms with Gasteiger partial charge in [-0.3, -0.25) is 9.59 Å². The standard InChI is InChI=1S/C26H25F2N5O3/c1-36-15-14-29-26(35)25(20-6-2-3-7-21(20)28)32(16-18-10-12-19(27)13-11-18)24(34)17-33-23-9-5-4-8-22(23)30-31-33/h2-13,25H,14-17H2,1H3,(H,29,35)/t25-/m1/s1. The number of hydrogen-bond acceptors (Lipinski definition) is 5. The highest BCUT2D eigenvalue weighted by molar-refractivity contribution is 5.89. The second-order valence-electron chi connectivity index (χ2n) is 8.09. The first-order valence-corrected chi connectivity index (χ1v) is 11.3. The number of rotatable bonds is 10. The molecule has 8 nitrogen and oxygen atoms in total. The molecule has 0 bridgehead atoms. The van der Waals surface area contributed by atoms with E-state index in [1.165, 1.54) is 59.2 Å². The fourth-order valence-electron chi connectivity index (χ4n) is 3.88. The molecule has 0 aliphatic carbocycles. The second kappa shape index (κ2) is 11.5. The second-order valence-corrected chi connectivity index (χ2v) is 8.09. The van der Waals surface area contributed by atoms with Crippen molar-refractivity contribution in [3.63, 3.8) is 0 Å². The van der Waals surface area contributed by atoms with E-state index in [4.69, 9.17) is 4.74 Å². The summed E-state index contributed by atoms with van der Waals surface area (Å²) in [4.78, 5) is 28.3. The lowest BCUT2D eigenvalue weighted by Crippen LogP contribution is -2.45. The van der Waals surface area contributed by atoms with Gasteiger partial charge in [0.15, 0.2) is 0 Å². The van der Waals surface area contributed by atoms with Gasteiger partial charge >= 0.3 is 0 Å². The number of ether oxygens (including phenoxy) is 1. The Morgan fingerprint density at radius 2 is 1.75 bits per heavy atom. The van der Waals surface area contributed by atoms with Crippen LogP contribution >= 0.6 is 0 Å². The zero-order valence-electron chi connectivity index (χ0n) is 19.6. The predicted octanol–water partition coefficient (Wildman–Crippen LogP) is 3.24. The normalized spacial score (nSPS) is 11.9. The Morgan fingerprint density at radius 3 is 2.50 bits per heavy atom. The van der Waals surface area contributed by atoms with Gasteiger partial charge < -0.3 is 15.0 Å². The number of para-hydroxylation sites is 1. The van der Waals surface area contributed by atoms with Crippen LogP contribution in [0.25, 0.3) is 11.0 Å². The lowest BCUT2D eigenvalue weighted by molar-refractivity contribution is -0.142. The minimum Gasteiger partial charge on any atom is -0.383 e. The Balaban J connectivity index is 1.74. The van der Waals surface area contributed by atoms with Gasteiger partial charge in [0.25, 0.3) is 0 Å². The third kappa shape index (κ3) is 5.72. The molecule has 1 heterocycles. The van der Waals surface area contributed by atoms with Crippen molar-refractivity contribution < 1.29 is 23.1 Å². The van der Waals surface area contributed by atoms with Gasteiger partial charge in [-0.15, -0.1) is 5.10 Å². The molecule has 0 saturated carbocycles. The highest BCUT2D eigenvalue weighted by Gasteiger charge is 2.33. The van der Waals surface area contributed by atoms with Crippen molar-refractivity contribution in [2.75, 3.05) is 20.3 Å². The number of carbonyl (C=O) groups is 2. The lowest BCUT2D eigenvalue weighted by Gasteiger charge is -2.32. The number of fused-ring (bicyclic) bond motifs is 1. The average molecular weight is 494 g/mol. The summed E-state index contributed by atoms with van der Waals surface area (Å²) in [5, 5.41) is 10.9. The van der Waals surface area contributed by atoms with Crippen LogP contribution in [0.1, 0.15) is 17.2 Å². The summed E-state index contributed by atoms with van der Waals surface area (Å²) >= 11 is 0. The molecular weight excluding hydrogens is 468 g/mol. The SMILES string of the molecule is COCCNC(=O)[C@@H](c1ccccc1F)N(Cc1ccc(F)cc1)C(=O)Cn1nnc2ccccc21. The third-order valence-electron chi connectivity index (χ3n) is 5.66. The van der Waals surface area contributed by atoms with E-state index in [9.17, 15) is 18.4 Å². The van der Waals surface area contributed by atoms with Crippen LogP contribution in [-0.4, -0.2) is 52.0 Å². The van der Waals surface area contributed by atoms with Crippen molar-refractivity contribution >= 4 is 22.8 Å². The molecule has 0 aliphatic rings. The first kappa shape index (κ1) is 24.9. The van der Waals surface area contributed by atoms with E-state index in [0.29, 0.717) is 16.6 Å². The smallest absolute Gasteiger partial charge is 0.247 e. The molecule has 2 amide bonds. The Kier molecular flexibility index (Phi) is 7.96. The van der Waals surface area contributed by atoms with E-state index < -0.39 is 29.5 Å². The van der Waals surface area contributed by atoms with Crippen LogP contribution in [-0.2, 0) is 27.4 Å². The monoisotopic (exact) mass is 493 g/mol. The number of nitrogens with one attached hydrogen (secondary N) is 1. The van der Waals surface area contributed by atoms with Crippen molar-refractivity contribution in [2.24, 2.45) is 0 Å². The summed E-state index contributed by atoms with van der Waals surface area (Å²) in [5.41, 5.74) is 1.85. The van der Waals surface area contributed by atoms with Gasteiger partial charge in [-0.1, -0.05) is 47.7 Å².